The van der Waals surface area contributed by atoms with Crippen LogP contribution in [0.25, 0.3) is 0 Å². The molecule has 0 aliphatic heterocycles. The summed E-state index contributed by atoms with van der Waals surface area (Å²) in [7, 11) is -2.98. The van der Waals surface area contributed by atoms with E-state index < -0.39 is 9.84 Å². The Morgan fingerprint density at radius 3 is 2.41 bits per heavy atom. The SMILES string of the molecule is CCNc1cc(NCCS(C)(=O)=O)nc(N)n1. The minimum Gasteiger partial charge on any atom is -0.370 e. The first-order chi connectivity index (χ1) is 7.90. The van der Waals surface area contributed by atoms with Gasteiger partial charge in [-0.3, -0.25) is 0 Å². The molecular formula is C9H17N5O2S. The first-order valence-electron chi connectivity index (χ1n) is 5.20. The lowest BCUT2D eigenvalue weighted by Gasteiger charge is -2.08. The lowest BCUT2D eigenvalue weighted by molar-refractivity contribution is 0.602. The first kappa shape index (κ1) is 13.5. The molecule has 0 saturated carbocycles. The highest BCUT2D eigenvalue weighted by Crippen LogP contribution is 2.11. The molecule has 7 nitrogen and oxygen atoms in total. The molecule has 1 aromatic heterocycles. The zero-order valence-corrected chi connectivity index (χ0v) is 10.7. The van der Waals surface area contributed by atoms with Crippen LogP contribution >= 0.6 is 0 Å². The van der Waals surface area contributed by atoms with Crippen LogP contribution in [0, 0.1) is 0 Å². The zero-order chi connectivity index (χ0) is 12.9. The van der Waals surface area contributed by atoms with Crippen LogP contribution in [0.3, 0.4) is 0 Å². The summed E-state index contributed by atoms with van der Waals surface area (Å²) < 4.78 is 21.9. The van der Waals surface area contributed by atoms with Crippen LogP contribution in [-0.4, -0.2) is 43.5 Å². The first-order valence-corrected chi connectivity index (χ1v) is 7.27. The van der Waals surface area contributed by atoms with Gasteiger partial charge in [-0.05, 0) is 6.92 Å². The van der Waals surface area contributed by atoms with Crippen molar-refractivity contribution in [3.8, 4) is 0 Å². The van der Waals surface area contributed by atoms with Crippen molar-refractivity contribution in [2.24, 2.45) is 0 Å². The maximum Gasteiger partial charge on any atom is 0.223 e. The van der Waals surface area contributed by atoms with E-state index in [1.54, 1.807) is 6.07 Å². The molecule has 0 amide bonds. The molecule has 0 atom stereocenters. The van der Waals surface area contributed by atoms with E-state index in [1.165, 1.54) is 6.26 Å². The molecule has 17 heavy (non-hydrogen) atoms. The molecule has 0 unspecified atom stereocenters. The Morgan fingerprint density at radius 2 is 1.88 bits per heavy atom. The van der Waals surface area contributed by atoms with Crippen molar-refractivity contribution < 1.29 is 8.42 Å². The van der Waals surface area contributed by atoms with Crippen LogP contribution < -0.4 is 16.4 Å². The number of aromatic nitrogens is 2. The van der Waals surface area contributed by atoms with Crippen LogP contribution in [0.2, 0.25) is 0 Å². The van der Waals surface area contributed by atoms with E-state index in [2.05, 4.69) is 20.6 Å². The fourth-order valence-electron chi connectivity index (χ4n) is 1.19. The van der Waals surface area contributed by atoms with Crippen molar-refractivity contribution >= 4 is 27.4 Å². The second-order valence-electron chi connectivity index (χ2n) is 3.58. The summed E-state index contributed by atoms with van der Waals surface area (Å²) in [6.45, 7) is 2.95. The summed E-state index contributed by atoms with van der Waals surface area (Å²) in [6, 6.07) is 1.68. The number of rotatable bonds is 6. The zero-order valence-electron chi connectivity index (χ0n) is 9.90. The van der Waals surface area contributed by atoms with Crippen LogP contribution in [0.4, 0.5) is 17.6 Å². The van der Waals surface area contributed by atoms with Crippen LogP contribution in [0.5, 0.6) is 0 Å². The molecule has 96 valence electrons. The number of hydrogen-bond acceptors (Lipinski definition) is 7. The van der Waals surface area contributed by atoms with Gasteiger partial charge in [0.1, 0.15) is 21.5 Å². The molecule has 1 rings (SSSR count). The fourth-order valence-corrected chi connectivity index (χ4v) is 1.67. The summed E-state index contributed by atoms with van der Waals surface area (Å²) in [5.74, 6) is 1.32. The molecule has 0 aromatic carbocycles. The Labute approximate surface area is 101 Å². The van der Waals surface area contributed by atoms with Gasteiger partial charge in [-0.2, -0.15) is 9.97 Å². The minimum atomic E-state index is -2.98. The van der Waals surface area contributed by atoms with Crippen molar-refractivity contribution in [2.45, 2.75) is 6.92 Å². The third kappa shape index (κ3) is 5.34. The molecule has 8 heteroatoms. The molecule has 4 N–H and O–H groups in total. The predicted octanol–water partition coefficient (Wildman–Crippen LogP) is -0.0529. The number of nitrogens with two attached hydrogens (primary N) is 1. The van der Waals surface area contributed by atoms with E-state index in [0.29, 0.717) is 18.2 Å². The summed E-state index contributed by atoms with van der Waals surface area (Å²) in [6.07, 6.45) is 1.19. The number of nitrogens with one attached hydrogen (secondary N) is 2. The van der Waals surface area contributed by atoms with Crippen LogP contribution in [0.15, 0.2) is 6.07 Å². The second-order valence-corrected chi connectivity index (χ2v) is 5.84. The lowest BCUT2D eigenvalue weighted by atomic mass is 10.5. The quantitative estimate of drug-likeness (QED) is 0.656. The minimum absolute atomic E-state index is 0.0491. The Bertz CT molecular complexity index is 474. The number of nitrogen functional groups attached to an aromatic ring is 1. The van der Waals surface area contributed by atoms with E-state index in [0.717, 1.165) is 6.54 Å². The maximum atomic E-state index is 10.9. The van der Waals surface area contributed by atoms with Crippen molar-refractivity contribution in [3.63, 3.8) is 0 Å². The number of sulfone groups is 1. The van der Waals surface area contributed by atoms with Gasteiger partial charge in [-0.1, -0.05) is 0 Å². The molecular weight excluding hydrogens is 242 g/mol. The topological polar surface area (TPSA) is 110 Å². The summed E-state index contributed by atoms with van der Waals surface area (Å²) in [4.78, 5) is 7.93. The molecule has 0 radical (unpaired) electrons. The van der Waals surface area contributed by atoms with Gasteiger partial charge >= 0.3 is 0 Å². The number of hydrogen-bond donors (Lipinski definition) is 3. The Kier molecular flexibility index (Phi) is 4.50. The smallest absolute Gasteiger partial charge is 0.223 e. The summed E-state index contributed by atoms with van der Waals surface area (Å²) in [5, 5.41) is 5.90. The van der Waals surface area contributed by atoms with Crippen molar-refractivity contribution in [1.29, 1.82) is 0 Å². The van der Waals surface area contributed by atoms with Gasteiger partial charge in [-0.15, -0.1) is 0 Å². The Hall–Kier alpha value is -1.57. The molecule has 1 aromatic rings. The highest BCUT2D eigenvalue weighted by atomic mass is 32.2. The molecule has 0 fully saturated rings. The number of anilines is 3. The van der Waals surface area contributed by atoms with E-state index in [4.69, 9.17) is 5.73 Å². The van der Waals surface area contributed by atoms with E-state index in [9.17, 15) is 8.42 Å². The maximum absolute atomic E-state index is 10.9. The van der Waals surface area contributed by atoms with E-state index >= 15 is 0 Å². The lowest BCUT2D eigenvalue weighted by Crippen LogP contribution is -2.15. The third-order valence-electron chi connectivity index (χ3n) is 1.88. The van der Waals surface area contributed by atoms with Gasteiger partial charge in [0.15, 0.2) is 0 Å². The van der Waals surface area contributed by atoms with E-state index in [-0.39, 0.29) is 11.7 Å². The van der Waals surface area contributed by atoms with Gasteiger partial charge in [0, 0.05) is 25.4 Å². The van der Waals surface area contributed by atoms with Crippen LogP contribution in [-0.2, 0) is 9.84 Å². The summed E-state index contributed by atoms with van der Waals surface area (Å²) in [5.41, 5.74) is 5.53. The van der Waals surface area contributed by atoms with Crippen molar-refractivity contribution in [2.75, 3.05) is 41.5 Å². The van der Waals surface area contributed by atoms with E-state index in [1.807, 2.05) is 6.92 Å². The highest BCUT2D eigenvalue weighted by Gasteiger charge is 2.04. The Morgan fingerprint density at radius 1 is 1.29 bits per heavy atom. The second kappa shape index (κ2) is 5.67. The van der Waals surface area contributed by atoms with Gasteiger partial charge in [0.05, 0.1) is 5.75 Å². The largest absolute Gasteiger partial charge is 0.370 e. The van der Waals surface area contributed by atoms with Gasteiger partial charge < -0.3 is 16.4 Å². The molecule has 0 aliphatic carbocycles. The van der Waals surface area contributed by atoms with Gasteiger partial charge in [0.25, 0.3) is 0 Å². The highest BCUT2D eigenvalue weighted by molar-refractivity contribution is 7.90. The average molecular weight is 259 g/mol. The molecule has 0 saturated heterocycles. The normalized spacial score (nSPS) is 11.2. The predicted molar refractivity (Wildman–Crippen MR) is 68.8 cm³/mol. The average Bonchev–Trinajstić information content (AvgIpc) is 2.15. The molecule has 0 spiro atoms. The monoisotopic (exact) mass is 259 g/mol. The molecule has 1 heterocycles. The standard InChI is InChI=1S/C9H17N5O2S/c1-3-11-7-6-8(14-9(10)13-7)12-4-5-17(2,15)16/h6H,3-5H2,1-2H3,(H4,10,11,12,13,14). The number of nitrogens with zero attached hydrogens (tertiary/aromatic N) is 2. The molecule has 0 bridgehead atoms. The van der Waals surface area contributed by atoms with Gasteiger partial charge in [-0.25, -0.2) is 8.42 Å². The van der Waals surface area contributed by atoms with Crippen molar-refractivity contribution in [3.05, 3.63) is 6.07 Å². The van der Waals surface area contributed by atoms with Crippen molar-refractivity contribution in [1.82, 2.24) is 9.97 Å². The fraction of sp³-hybridized carbons (Fsp3) is 0.556. The van der Waals surface area contributed by atoms with Crippen LogP contribution in [0.1, 0.15) is 6.92 Å². The third-order valence-corrected chi connectivity index (χ3v) is 2.83. The Balaban J connectivity index is 2.64. The summed E-state index contributed by atoms with van der Waals surface area (Å²) >= 11 is 0. The molecule has 0 aliphatic rings. The van der Waals surface area contributed by atoms with Gasteiger partial charge in [0.2, 0.25) is 5.95 Å².